The second kappa shape index (κ2) is 36.6. The van der Waals surface area contributed by atoms with Gasteiger partial charge in [-0.05, 0) is 0 Å². The second-order valence-corrected chi connectivity index (χ2v) is 44.0. The molecule has 632 valence electrons. The summed E-state index contributed by atoms with van der Waals surface area (Å²) >= 11 is 2.82. The van der Waals surface area contributed by atoms with Crippen molar-refractivity contribution in [3.05, 3.63) is 421 Å². The Morgan fingerprint density at radius 2 is 0.371 bits per heavy atom. The van der Waals surface area contributed by atoms with Crippen molar-refractivity contribution < 1.29 is 0 Å². The van der Waals surface area contributed by atoms with Crippen molar-refractivity contribution in [3.63, 3.8) is 0 Å². The quantitative estimate of drug-likeness (QED) is 0.163. The number of hydrogen-bond donors (Lipinski definition) is 0. The molecule has 0 N–H and O–H groups in total. The molecule has 0 atom stereocenters. The van der Waals surface area contributed by atoms with Crippen LogP contribution in [0.5, 0.6) is 0 Å². The Bertz CT molecular complexity index is 7060. The predicted molar refractivity (Wildman–Crippen MR) is 566 cm³/mol. The molecule has 24 rings (SSSR count). The summed E-state index contributed by atoms with van der Waals surface area (Å²) in [6, 6.07) is 138. The van der Waals surface area contributed by atoms with Crippen LogP contribution in [0.15, 0.2) is 376 Å². The predicted octanol–water partition coefficient (Wildman–Crippen LogP) is 25.2. The minimum absolute atomic E-state index is 0.684. The van der Waals surface area contributed by atoms with Gasteiger partial charge in [0.25, 0.3) is 0 Å². The third-order valence-electron chi connectivity index (χ3n) is 26.0. The number of aryl methyl sites for hydroxylation is 8. The van der Waals surface area contributed by atoms with Gasteiger partial charge in [-0.2, -0.15) is 0 Å². The van der Waals surface area contributed by atoms with Crippen LogP contribution in [0, 0.1) is 55.4 Å². The van der Waals surface area contributed by atoms with Gasteiger partial charge in [0.05, 0.1) is 0 Å². The Morgan fingerprint density at radius 1 is 0.152 bits per heavy atom. The maximum absolute atomic E-state index is 4.97. The first-order chi connectivity index (χ1) is 64.4. The van der Waals surface area contributed by atoms with E-state index in [9.17, 15) is 0 Å². The van der Waals surface area contributed by atoms with Gasteiger partial charge in [-0.15, -0.1) is 0 Å². The van der Waals surface area contributed by atoms with Crippen LogP contribution in [-0.2, 0) is 0 Å². The molecule has 4 heterocycles. The van der Waals surface area contributed by atoms with Crippen LogP contribution >= 0.6 is 0 Å². The summed E-state index contributed by atoms with van der Waals surface area (Å²) in [6.45, 7) is 17.1. The van der Waals surface area contributed by atoms with Gasteiger partial charge in [-0.3, -0.25) is 0 Å². The molecule has 4 aliphatic carbocycles. The fourth-order valence-corrected chi connectivity index (χ4v) is 26.1. The van der Waals surface area contributed by atoms with Crippen LogP contribution in [0.4, 0.5) is 0 Å². The zero-order valence-corrected chi connectivity index (χ0v) is 92.7. The average Bonchev–Trinajstić information content (AvgIpc) is 0.752. The topological polar surface area (TPSA) is 77.3 Å². The van der Waals surface area contributed by atoms with E-state index < -0.39 is 0 Å². The molecule has 0 radical (unpaired) electrons. The van der Waals surface area contributed by atoms with Crippen LogP contribution < -0.4 is 13.6 Å². The van der Waals surface area contributed by atoms with Crippen LogP contribution in [-0.4, -0.2) is 129 Å². The van der Waals surface area contributed by atoms with Crippen LogP contribution in [0.2, 0.25) is 0 Å². The number of benzene rings is 16. The van der Waals surface area contributed by atoms with Gasteiger partial charge in [0.15, 0.2) is 0 Å². The minimum atomic E-state index is 0.684. The summed E-state index contributed by atoms with van der Waals surface area (Å²) in [5.41, 5.74) is 57.4. The van der Waals surface area contributed by atoms with Gasteiger partial charge in [0.2, 0.25) is 0 Å². The van der Waals surface area contributed by atoms with Crippen molar-refractivity contribution in [2.24, 2.45) is 0 Å². The Morgan fingerprint density at radius 3 is 0.644 bits per heavy atom. The first-order valence-electron chi connectivity index (χ1n) is 44.8. The van der Waals surface area contributed by atoms with E-state index in [0.29, 0.717) is 49.4 Å². The van der Waals surface area contributed by atoms with Crippen molar-refractivity contribution in [2.45, 2.75) is 55.4 Å². The van der Waals surface area contributed by atoms with E-state index in [2.05, 4.69) is 435 Å². The van der Waals surface area contributed by atoms with Gasteiger partial charge >= 0.3 is 842 Å². The first kappa shape index (κ1) is 86.2. The monoisotopic (exact) mass is 2480 g/mol. The van der Waals surface area contributed by atoms with Crippen molar-refractivity contribution in [1.29, 1.82) is 0 Å². The molecule has 0 aliphatic heterocycles. The molecule has 0 saturated heterocycles. The van der Waals surface area contributed by atoms with Gasteiger partial charge in [0, 0.05) is 0 Å². The number of rotatable bonds is 4. The fourth-order valence-electron chi connectivity index (χ4n) is 20.3. The normalized spacial score (nSPS) is 11.5. The van der Waals surface area contributed by atoms with Crippen molar-refractivity contribution >= 4 is 112 Å². The fraction of sp³-hybridized carbons (Fsp3) is 0.0656. The van der Waals surface area contributed by atoms with E-state index >= 15 is 0 Å². The summed E-state index contributed by atoms with van der Waals surface area (Å²) in [6.07, 6.45) is 0. The summed E-state index contributed by atoms with van der Waals surface area (Å²) in [5, 5.41) is 0. The molecule has 0 saturated carbocycles. The Balaban J connectivity index is 0.000000106. The number of hydrogen-bond acceptors (Lipinski definition) is 6. The van der Waals surface area contributed by atoms with Gasteiger partial charge < -0.3 is 0 Å². The standard InChI is InChI=1S/2C31H22N.2C30H21N2.4Bi.8H/c1-20-17-30-27-13-7-5-11-25(27)23-9-3-4-10-24(23)26-12-6-8-14-28(26)31(30)19-29(20)22-15-16-32-21(2)18-22;1-20-15-16-32-31(17-20)28-19-30-27-14-8-6-12-25(27)23-10-4-3-9-22(23)24-11-5-7-13-26(24)29(30)18-21(28)2;1-19-17-28-25-13-7-5-11-23(25)21-9-3-4-10-22(21)24-12-6-8-14-26(24)29(28)18-27(19)30-15-16-31-20(2)32-30;1-19-17-28-25-13-7-5-11-23(25)21-9-3-4-10-22(21)24-12-6-8-14-26(24)29(28)18-27(19)30-31-16-15-20(2)32-30;;;;;;;;;;;;/h2*3-15,17-19H,1-2H3;2*3-15,17-18H,1-2H3;;;;;;;;;;;;. The van der Waals surface area contributed by atoms with E-state index in [1.807, 2.05) is 6.92 Å². The number of fused-ring (bicyclic) bond motifs is 32. The maximum atomic E-state index is 4.97. The Labute approximate surface area is 833 Å². The van der Waals surface area contributed by atoms with Gasteiger partial charge in [0.1, 0.15) is 0 Å². The molecule has 0 fully saturated rings. The molecule has 132 heavy (non-hydrogen) atoms. The van der Waals surface area contributed by atoms with Crippen LogP contribution in [0.3, 0.4) is 0 Å². The van der Waals surface area contributed by atoms with Crippen molar-refractivity contribution in [1.82, 2.24) is 29.9 Å². The summed E-state index contributed by atoms with van der Waals surface area (Å²) in [4.78, 5) is 28.7. The van der Waals surface area contributed by atoms with Crippen LogP contribution in [0.1, 0.15) is 45.0 Å². The number of pyridine rings is 2. The molecular weight excluding hydrogens is 2390 g/mol. The second-order valence-electron chi connectivity index (χ2n) is 34.8. The van der Waals surface area contributed by atoms with E-state index in [1.54, 1.807) is 0 Å². The molecule has 4 aliphatic rings. The van der Waals surface area contributed by atoms with Crippen molar-refractivity contribution in [3.8, 4) is 223 Å². The SMILES string of the molecule is Cc1c[c]([BiH2])nc(-c2cc3c(cc2C)-c2ccccc2-c2ccccc2-c2ccccc2-3)c1.Cc1c[c]([BiH2])nc(-c2cc3c(cc2C)-c2ccccc2-c2ccccc2-c2ccccc2-3)n1.Cc1cc(-c2cc3c(cc2C)-c2ccccc2-c2ccccc2-c2ccccc2-3)c[c]([BiH2])n1.Cc1n[c]([BiH2])cc(-c2cc3c(cc2C)-c2ccccc2-c2ccccc2-c2ccccc2-3)n1. The van der Waals surface area contributed by atoms with Crippen LogP contribution in [0.25, 0.3) is 223 Å². The van der Waals surface area contributed by atoms with Crippen molar-refractivity contribution in [2.75, 3.05) is 0 Å². The summed E-state index contributed by atoms with van der Waals surface area (Å²) < 4.78 is 4.75. The molecule has 16 aromatic carbocycles. The third kappa shape index (κ3) is 16.4. The molecule has 0 spiro atoms. The number of aromatic nitrogens is 6. The zero-order chi connectivity index (χ0) is 90.1. The summed E-state index contributed by atoms with van der Waals surface area (Å²) in [7, 11) is 0. The van der Waals surface area contributed by atoms with E-state index in [4.69, 9.17) is 19.9 Å². The van der Waals surface area contributed by atoms with Gasteiger partial charge in [-0.1, -0.05) is 0 Å². The van der Waals surface area contributed by atoms with Gasteiger partial charge in [-0.25, -0.2) is 0 Å². The van der Waals surface area contributed by atoms with E-state index in [-0.39, 0.29) is 0 Å². The Hall–Kier alpha value is -12.5. The van der Waals surface area contributed by atoms with E-state index in [1.165, 1.54) is 235 Å². The third-order valence-corrected chi connectivity index (χ3v) is 30.6. The first-order valence-corrected chi connectivity index (χ1v) is 53.8. The molecular formula is C122H94Bi4N6. The zero-order valence-electron chi connectivity index (χ0n) is 74.8. The molecule has 0 bridgehead atoms. The molecule has 10 heteroatoms. The summed E-state index contributed by atoms with van der Waals surface area (Å²) in [5.74, 6) is 1.68. The Kier molecular flexibility index (Phi) is 23.9. The molecule has 20 aromatic rings. The van der Waals surface area contributed by atoms with E-state index in [0.717, 1.165) is 96.2 Å². The average molecular weight is 2480 g/mol. The molecule has 0 unspecified atom stereocenters. The molecule has 4 aromatic heterocycles. The number of nitrogens with zero attached hydrogens (tertiary/aromatic N) is 6. The molecule has 0 amide bonds. The molecule has 6 nitrogen and oxygen atoms in total.